The standard InChI is InChI=1S/C13H21N3/c1-10-3-4-12(9-13(10)14)15-11-5-7-16(2)8-6-11/h3-4,9,11,15H,5-8,14H2,1-2H3. The first-order valence-electron chi connectivity index (χ1n) is 5.96. The van der Waals surface area contributed by atoms with Crippen molar-refractivity contribution >= 4 is 11.4 Å². The first-order chi connectivity index (χ1) is 7.65. The zero-order valence-electron chi connectivity index (χ0n) is 10.2. The van der Waals surface area contributed by atoms with Crippen molar-refractivity contribution in [1.82, 2.24) is 4.90 Å². The predicted molar refractivity (Wildman–Crippen MR) is 69.7 cm³/mol. The van der Waals surface area contributed by atoms with E-state index in [1.807, 2.05) is 13.0 Å². The molecule has 1 aromatic carbocycles. The Kier molecular flexibility index (Phi) is 3.34. The molecular formula is C13H21N3. The molecule has 0 atom stereocenters. The van der Waals surface area contributed by atoms with Crippen LogP contribution in [0.5, 0.6) is 0 Å². The molecule has 3 heteroatoms. The Morgan fingerprint density at radius 2 is 2.00 bits per heavy atom. The number of nitrogens with two attached hydrogens (primary N) is 1. The topological polar surface area (TPSA) is 41.3 Å². The third-order valence-corrected chi connectivity index (χ3v) is 3.37. The molecule has 1 heterocycles. The van der Waals surface area contributed by atoms with E-state index in [0.29, 0.717) is 6.04 Å². The predicted octanol–water partition coefficient (Wildman–Crippen LogP) is 2.08. The summed E-state index contributed by atoms with van der Waals surface area (Å²) in [5, 5.41) is 3.56. The van der Waals surface area contributed by atoms with Crippen LogP contribution in [-0.4, -0.2) is 31.1 Å². The van der Waals surface area contributed by atoms with Crippen molar-refractivity contribution in [1.29, 1.82) is 0 Å². The quantitative estimate of drug-likeness (QED) is 0.748. The maximum Gasteiger partial charge on any atom is 0.0364 e. The summed E-state index contributed by atoms with van der Waals surface area (Å²) >= 11 is 0. The number of likely N-dealkylation sites (tertiary alicyclic amines) is 1. The van der Waals surface area contributed by atoms with E-state index in [2.05, 4.69) is 29.4 Å². The third kappa shape index (κ3) is 2.67. The smallest absolute Gasteiger partial charge is 0.0364 e. The summed E-state index contributed by atoms with van der Waals surface area (Å²) in [6, 6.07) is 6.82. The minimum absolute atomic E-state index is 0.596. The highest BCUT2D eigenvalue weighted by Crippen LogP contribution is 2.20. The van der Waals surface area contributed by atoms with Gasteiger partial charge in [0.2, 0.25) is 0 Å². The summed E-state index contributed by atoms with van der Waals surface area (Å²) in [7, 11) is 2.18. The van der Waals surface area contributed by atoms with Gasteiger partial charge in [-0.1, -0.05) is 6.07 Å². The first-order valence-corrected chi connectivity index (χ1v) is 5.96. The fourth-order valence-electron chi connectivity index (χ4n) is 2.12. The zero-order valence-corrected chi connectivity index (χ0v) is 10.2. The molecule has 88 valence electrons. The normalized spacial score (nSPS) is 18.6. The van der Waals surface area contributed by atoms with Gasteiger partial charge in [0.05, 0.1) is 0 Å². The Labute approximate surface area is 97.6 Å². The molecule has 16 heavy (non-hydrogen) atoms. The van der Waals surface area contributed by atoms with Gasteiger partial charge in [0.15, 0.2) is 0 Å². The van der Waals surface area contributed by atoms with E-state index >= 15 is 0 Å². The van der Waals surface area contributed by atoms with Gasteiger partial charge in [0, 0.05) is 17.4 Å². The van der Waals surface area contributed by atoms with Gasteiger partial charge in [0.1, 0.15) is 0 Å². The highest BCUT2D eigenvalue weighted by atomic mass is 15.1. The average molecular weight is 219 g/mol. The van der Waals surface area contributed by atoms with Crippen LogP contribution in [0, 0.1) is 6.92 Å². The number of benzene rings is 1. The fourth-order valence-corrected chi connectivity index (χ4v) is 2.12. The number of hydrogen-bond acceptors (Lipinski definition) is 3. The molecule has 1 aliphatic rings. The highest BCUT2D eigenvalue weighted by Gasteiger charge is 2.16. The maximum absolute atomic E-state index is 5.90. The molecule has 0 bridgehead atoms. The third-order valence-electron chi connectivity index (χ3n) is 3.37. The van der Waals surface area contributed by atoms with Crippen molar-refractivity contribution < 1.29 is 0 Å². The Balaban J connectivity index is 1.96. The van der Waals surface area contributed by atoms with E-state index in [1.165, 1.54) is 25.9 Å². The lowest BCUT2D eigenvalue weighted by molar-refractivity contribution is 0.264. The highest BCUT2D eigenvalue weighted by molar-refractivity contribution is 5.58. The number of hydrogen-bond donors (Lipinski definition) is 2. The lowest BCUT2D eigenvalue weighted by Gasteiger charge is -2.30. The van der Waals surface area contributed by atoms with Crippen molar-refractivity contribution in [2.24, 2.45) is 0 Å². The lowest BCUT2D eigenvalue weighted by Crippen LogP contribution is -2.36. The summed E-state index contributed by atoms with van der Waals surface area (Å²) in [6.07, 6.45) is 2.43. The maximum atomic E-state index is 5.90. The van der Waals surface area contributed by atoms with Crippen LogP contribution in [0.15, 0.2) is 18.2 Å². The van der Waals surface area contributed by atoms with Gasteiger partial charge in [-0.2, -0.15) is 0 Å². The minimum atomic E-state index is 0.596. The Morgan fingerprint density at radius 1 is 1.31 bits per heavy atom. The summed E-state index contributed by atoms with van der Waals surface area (Å²) in [4.78, 5) is 2.38. The number of nitrogens with one attached hydrogen (secondary N) is 1. The van der Waals surface area contributed by atoms with Crippen LogP contribution in [0.2, 0.25) is 0 Å². The molecule has 3 N–H and O–H groups in total. The molecule has 0 saturated carbocycles. The van der Waals surface area contributed by atoms with E-state index in [0.717, 1.165) is 16.9 Å². The molecule has 1 aromatic rings. The molecule has 1 saturated heterocycles. The van der Waals surface area contributed by atoms with Crippen molar-refractivity contribution in [3.8, 4) is 0 Å². The summed E-state index contributed by atoms with van der Waals surface area (Å²) in [5.74, 6) is 0. The molecule has 1 fully saturated rings. The van der Waals surface area contributed by atoms with E-state index in [9.17, 15) is 0 Å². The Morgan fingerprint density at radius 3 is 2.62 bits per heavy atom. The number of rotatable bonds is 2. The van der Waals surface area contributed by atoms with Crippen molar-refractivity contribution in [3.05, 3.63) is 23.8 Å². The van der Waals surface area contributed by atoms with Gasteiger partial charge in [-0.05, 0) is 57.6 Å². The van der Waals surface area contributed by atoms with Crippen LogP contribution >= 0.6 is 0 Å². The molecular weight excluding hydrogens is 198 g/mol. The van der Waals surface area contributed by atoms with Crippen molar-refractivity contribution in [2.45, 2.75) is 25.8 Å². The molecule has 1 aliphatic heterocycles. The summed E-state index contributed by atoms with van der Waals surface area (Å²) < 4.78 is 0. The second-order valence-corrected chi connectivity index (χ2v) is 4.79. The Hall–Kier alpha value is -1.22. The molecule has 0 radical (unpaired) electrons. The number of nitrogens with zero attached hydrogens (tertiary/aromatic N) is 1. The second kappa shape index (κ2) is 4.74. The van der Waals surface area contributed by atoms with E-state index in [4.69, 9.17) is 5.73 Å². The fraction of sp³-hybridized carbons (Fsp3) is 0.538. The first kappa shape index (κ1) is 11.3. The van der Waals surface area contributed by atoms with Crippen LogP contribution in [0.1, 0.15) is 18.4 Å². The number of anilines is 2. The van der Waals surface area contributed by atoms with Crippen LogP contribution in [-0.2, 0) is 0 Å². The minimum Gasteiger partial charge on any atom is -0.398 e. The molecule has 0 unspecified atom stereocenters. The molecule has 0 aromatic heterocycles. The van der Waals surface area contributed by atoms with E-state index < -0.39 is 0 Å². The molecule has 2 rings (SSSR count). The zero-order chi connectivity index (χ0) is 11.5. The van der Waals surface area contributed by atoms with Crippen LogP contribution in [0.25, 0.3) is 0 Å². The van der Waals surface area contributed by atoms with Gasteiger partial charge >= 0.3 is 0 Å². The largest absolute Gasteiger partial charge is 0.398 e. The monoisotopic (exact) mass is 219 g/mol. The SMILES string of the molecule is Cc1ccc(NC2CCN(C)CC2)cc1N. The van der Waals surface area contributed by atoms with Crippen molar-refractivity contribution in [2.75, 3.05) is 31.2 Å². The summed E-state index contributed by atoms with van der Waals surface area (Å²) in [5.41, 5.74) is 9.07. The van der Waals surface area contributed by atoms with Gasteiger partial charge in [-0.15, -0.1) is 0 Å². The molecule has 0 spiro atoms. The van der Waals surface area contributed by atoms with Crippen LogP contribution in [0.4, 0.5) is 11.4 Å². The van der Waals surface area contributed by atoms with Crippen molar-refractivity contribution in [3.63, 3.8) is 0 Å². The van der Waals surface area contributed by atoms with E-state index in [1.54, 1.807) is 0 Å². The van der Waals surface area contributed by atoms with E-state index in [-0.39, 0.29) is 0 Å². The van der Waals surface area contributed by atoms with Gasteiger partial charge in [-0.25, -0.2) is 0 Å². The second-order valence-electron chi connectivity index (χ2n) is 4.79. The molecule has 0 aliphatic carbocycles. The molecule has 0 amide bonds. The molecule has 3 nitrogen and oxygen atoms in total. The number of aryl methyl sites for hydroxylation is 1. The average Bonchev–Trinajstić information content (AvgIpc) is 2.27. The van der Waals surface area contributed by atoms with Gasteiger partial charge < -0.3 is 16.0 Å². The van der Waals surface area contributed by atoms with Crippen LogP contribution in [0.3, 0.4) is 0 Å². The summed E-state index contributed by atoms with van der Waals surface area (Å²) in [6.45, 7) is 4.40. The number of nitrogen functional groups attached to an aromatic ring is 1. The lowest BCUT2D eigenvalue weighted by atomic mass is 10.0. The van der Waals surface area contributed by atoms with Crippen LogP contribution < -0.4 is 11.1 Å². The number of piperidine rings is 1. The van der Waals surface area contributed by atoms with Gasteiger partial charge in [-0.3, -0.25) is 0 Å². The van der Waals surface area contributed by atoms with Gasteiger partial charge in [0.25, 0.3) is 0 Å². The Bertz CT molecular complexity index is 354.